The minimum Gasteiger partial charge on any atom is -0.362 e. The predicted molar refractivity (Wildman–Crippen MR) is 48.3 cm³/mol. The largest absolute Gasteiger partial charge is 0.362 e. The van der Waals surface area contributed by atoms with E-state index in [0.717, 1.165) is 17.0 Å². The lowest BCUT2D eigenvalue weighted by molar-refractivity contribution is 0.0985. The van der Waals surface area contributed by atoms with Crippen LogP contribution in [0.4, 0.5) is 0 Å². The van der Waals surface area contributed by atoms with Crippen molar-refractivity contribution in [1.29, 1.82) is 0 Å². The fourth-order valence-corrected chi connectivity index (χ4v) is 1.28. The van der Waals surface area contributed by atoms with Crippen LogP contribution in [-0.4, -0.2) is 17.3 Å². The first-order chi connectivity index (χ1) is 5.65. The monoisotopic (exact) mass is 166 g/mol. The zero-order chi connectivity index (χ0) is 9.14. The molecule has 1 aromatic heterocycles. The van der Waals surface area contributed by atoms with Crippen LogP contribution in [0.2, 0.25) is 0 Å². The van der Waals surface area contributed by atoms with Gasteiger partial charge in [0, 0.05) is 23.4 Å². The minimum absolute atomic E-state index is 0.124. The summed E-state index contributed by atoms with van der Waals surface area (Å²) in [7, 11) is 0. The first-order valence-electron chi connectivity index (χ1n) is 4.04. The van der Waals surface area contributed by atoms with E-state index in [1.54, 1.807) is 0 Å². The predicted octanol–water partition coefficient (Wildman–Crippen LogP) is 1.16. The number of carbonyl (C=O) groups is 1. The third kappa shape index (κ3) is 1.74. The molecule has 3 heteroatoms. The second kappa shape index (κ2) is 3.54. The molecule has 0 aliphatic rings. The average Bonchev–Trinajstić information content (AvgIpc) is 2.30. The number of rotatable bonds is 3. The van der Waals surface area contributed by atoms with Gasteiger partial charge in [-0.3, -0.25) is 4.79 Å². The van der Waals surface area contributed by atoms with Crippen LogP contribution in [0.25, 0.3) is 0 Å². The molecule has 3 N–H and O–H groups in total. The van der Waals surface area contributed by atoms with Crippen molar-refractivity contribution in [3.05, 3.63) is 23.0 Å². The lowest BCUT2D eigenvalue weighted by Crippen LogP contribution is -2.08. The smallest absolute Gasteiger partial charge is 0.165 e. The number of ketones is 1. The summed E-state index contributed by atoms with van der Waals surface area (Å²) in [4.78, 5) is 14.5. The van der Waals surface area contributed by atoms with E-state index < -0.39 is 0 Å². The van der Waals surface area contributed by atoms with Crippen molar-refractivity contribution in [2.75, 3.05) is 6.54 Å². The molecule has 0 unspecified atom stereocenters. The zero-order valence-corrected chi connectivity index (χ0v) is 7.48. The molecule has 0 aliphatic carbocycles. The number of aromatic nitrogens is 1. The van der Waals surface area contributed by atoms with Crippen LogP contribution in [0.5, 0.6) is 0 Å². The van der Waals surface area contributed by atoms with Crippen LogP contribution in [0.15, 0.2) is 6.07 Å². The highest BCUT2D eigenvalue weighted by Gasteiger charge is 2.09. The van der Waals surface area contributed by atoms with Crippen LogP contribution in [0, 0.1) is 13.8 Å². The van der Waals surface area contributed by atoms with Gasteiger partial charge in [0.05, 0.1) is 0 Å². The molecule has 0 saturated carbocycles. The zero-order valence-electron chi connectivity index (χ0n) is 7.48. The Morgan fingerprint density at radius 2 is 2.25 bits per heavy atom. The van der Waals surface area contributed by atoms with Crippen molar-refractivity contribution >= 4 is 5.78 Å². The van der Waals surface area contributed by atoms with E-state index >= 15 is 0 Å². The molecule has 0 fully saturated rings. The fraction of sp³-hybridized carbons (Fsp3) is 0.444. The Hall–Kier alpha value is -1.09. The molecule has 0 aliphatic heterocycles. The highest BCUT2D eigenvalue weighted by molar-refractivity contribution is 5.97. The van der Waals surface area contributed by atoms with Gasteiger partial charge in [-0.25, -0.2) is 0 Å². The molecule has 0 radical (unpaired) electrons. The Kier molecular flexibility index (Phi) is 2.65. The van der Waals surface area contributed by atoms with Gasteiger partial charge >= 0.3 is 0 Å². The highest BCUT2D eigenvalue weighted by Crippen LogP contribution is 2.10. The number of hydrogen-bond donors (Lipinski definition) is 2. The molecule has 1 rings (SSSR count). The van der Waals surface area contributed by atoms with E-state index in [0.29, 0.717) is 13.0 Å². The maximum absolute atomic E-state index is 11.4. The normalized spacial score (nSPS) is 10.2. The summed E-state index contributed by atoms with van der Waals surface area (Å²) in [6.45, 7) is 4.26. The number of nitrogens with two attached hydrogens (primary N) is 1. The number of aromatic amines is 1. The van der Waals surface area contributed by atoms with Crippen LogP contribution >= 0.6 is 0 Å². The molecule has 12 heavy (non-hydrogen) atoms. The Morgan fingerprint density at radius 1 is 1.58 bits per heavy atom. The van der Waals surface area contributed by atoms with E-state index in [2.05, 4.69) is 4.98 Å². The molecule has 1 aromatic rings. The third-order valence-corrected chi connectivity index (χ3v) is 1.82. The van der Waals surface area contributed by atoms with Gasteiger partial charge in [0.25, 0.3) is 0 Å². The second-order valence-corrected chi connectivity index (χ2v) is 2.95. The Labute approximate surface area is 72.0 Å². The molecule has 66 valence electrons. The number of aryl methyl sites for hydroxylation is 2. The van der Waals surface area contributed by atoms with Crippen molar-refractivity contribution in [3.8, 4) is 0 Å². The average molecular weight is 166 g/mol. The van der Waals surface area contributed by atoms with Crippen molar-refractivity contribution < 1.29 is 4.79 Å². The molecule has 0 aromatic carbocycles. The molecule has 3 nitrogen and oxygen atoms in total. The third-order valence-electron chi connectivity index (χ3n) is 1.82. The molecule has 1 heterocycles. The standard InChI is InChI=1S/C9H14N2O/c1-6-5-8(7(2)11-6)9(12)3-4-10/h5,11H,3-4,10H2,1-2H3. The minimum atomic E-state index is 0.124. The highest BCUT2D eigenvalue weighted by atomic mass is 16.1. The quantitative estimate of drug-likeness (QED) is 0.662. The number of H-pyrrole nitrogens is 1. The number of carbonyl (C=O) groups excluding carboxylic acids is 1. The van der Waals surface area contributed by atoms with Gasteiger partial charge < -0.3 is 10.7 Å². The van der Waals surface area contributed by atoms with E-state index in [9.17, 15) is 4.79 Å². The Balaban J connectivity index is 2.87. The van der Waals surface area contributed by atoms with Crippen molar-refractivity contribution in [1.82, 2.24) is 4.98 Å². The summed E-state index contributed by atoms with van der Waals surface area (Å²) in [5.41, 5.74) is 8.03. The lowest BCUT2D eigenvalue weighted by atomic mass is 10.1. The number of hydrogen-bond acceptors (Lipinski definition) is 2. The second-order valence-electron chi connectivity index (χ2n) is 2.95. The van der Waals surface area contributed by atoms with Crippen LogP contribution < -0.4 is 5.73 Å². The molecular formula is C9H14N2O. The van der Waals surface area contributed by atoms with Crippen LogP contribution in [0.3, 0.4) is 0 Å². The maximum atomic E-state index is 11.4. The van der Waals surface area contributed by atoms with Gasteiger partial charge in [-0.05, 0) is 26.5 Å². The van der Waals surface area contributed by atoms with E-state index in [4.69, 9.17) is 5.73 Å². The van der Waals surface area contributed by atoms with Gasteiger partial charge in [-0.1, -0.05) is 0 Å². The summed E-state index contributed by atoms with van der Waals surface area (Å²) < 4.78 is 0. The van der Waals surface area contributed by atoms with E-state index in [1.807, 2.05) is 19.9 Å². The molecule has 0 atom stereocenters. The summed E-state index contributed by atoms with van der Waals surface area (Å²) in [5, 5.41) is 0. The van der Waals surface area contributed by atoms with E-state index in [-0.39, 0.29) is 5.78 Å². The molecule has 0 spiro atoms. The molecular weight excluding hydrogens is 152 g/mol. The van der Waals surface area contributed by atoms with Gasteiger partial charge in [0.2, 0.25) is 0 Å². The molecule has 0 amide bonds. The van der Waals surface area contributed by atoms with E-state index in [1.165, 1.54) is 0 Å². The summed E-state index contributed by atoms with van der Waals surface area (Å²) in [5.74, 6) is 0.124. The van der Waals surface area contributed by atoms with Crippen LogP contribution in [-0.2, 0) is 0 Å². The summed E-state index contributed by atoms with van der Waals surface area (Å²) in [6.07, 6.45) is 0.429. The SMILES string of the molecule is Cc1cc(C(=O)CCN)c(C)[nH]1. The Morgan fingerprint density at radius 3 is 2.67 bits per heavy atom. The van der Waals surface area contributed by atoms with Crippen molar-refractivity contribution in [3.63, 3.8) is 0 Å². The van der Waals surface area contributed by atoms with Crippen molar-refractivity contribution in [2.45, 2.75) is 20.3 Å². The number of Topliss-reactive ketones (excluding diaryl/α,β-unsaturated/α-hetero) is 1. The van der Waals surface area contributed by atoms with Crippen LogP contribution in [0.1, 0.15) is 28.2 Å². The van der Waals surface area contributed by atoms with Gasteiger partial charge in [0.1, 0.15) is 0 Å². The first-order valence-corrected chi connectivity index (χ1v) is 4.04. The molecule has 0 bridgehead atoms. The Bertz CT molecular complexity index is 289. The van der Waals surface area contributed by atoms with Gasteiger partial charge in [0.15, 0.2) is 5.78 Å². The molecule has 0 saturated heterocycles. The van der Waals surface area contributed by atoms with Crippen molar-refractivity contribution in [2.24, 2.45) is 5.73 Å². The maximum Gasteiger partial charge on any atom is 0.165 e. The summed E-state index contributed by atoms with van der Waals surface area (Å²) >= 11 is 0. The topological polar surface area (TPSA) is 58.9 Å². The number of nitrogens with one attached hydrogen (secondary N) is 1. The lowest BCUT2D eigenvalue weighted by Gasteiger charge is -1.95. The van der Waals surface area contributed by atoms with Gasteiger partial charge in [-0.2, -0.15) is 0 Å². The first kappa shape index (κ1) is 9.00. The fourth-order valence-electron chi connectivity index (χ4n) is 1.28. The summed E-state index contributed by atoms with van der Waals surface area (Å²) in [6, 6.07) is 1.87. The van der Waals surface area contributed by atoms with Gasteiger partial charge in [-0.15, -0.1) is 0 Å².